The monoisotopic (exact) mass is 656 g/mol. The number of hydrogen-bond acceptors (Lipinski definition) is 11. The number of ether oxygens (including phenoxy) is 3. The number of anilines is 2. The lowest BCUT2D eigenvalue weighted by atomic mass is 10.1. The molecule has 4 aromatic rings. The predicted molar refractivity (Wildman–Crippen MR) is 169 cm³/mol. The fourth-order valence-electron chi connectivity index (χ4n) is 5.05. The molecular formula is C36H20N2O11. The number of carbonyl (C=O) groups is 8. The summed E-state index contributed by atoms with van der Waals surface area (Å²) in [5.74, 6) is -5.84. The summed E-state index contributed by atoms with van der Waals surface area (Å²) in [4.78, 5) is 101. The average molecular weight is 657 g/mol. The van der Waals surface area contributed by atoms with E-state index >= 15 is 0 Å². The summed E-state index contributed by atoms with van der Waals surface area (Å²) in [6.45, 7) is 6.44. The maximum Gasteiger partial charge on any atom is 0.346 e. The highest BCUT2D eigenvalue weighted by Crippen LogP contribution is 2.34. The van der Waals surface area contributed by atoms with Crippen LogP contribution in [0.25, 0.3) is 0 Å². The Morgan fingerprint density at radius 2 is 0.837 bits per heavy atom. The molecule has 2 heterocycles. The Labute approximate surface area is 276 Å². The lowest BCUT2D eigenvalue weighted by molar-refractivity contribution is -0.133. The third kappa shape index (κ3) is 5.79. The summed E-state index contributed by atoms with van der Waals surface area (Å²) in [6.07, 6.45) is 1.64. The van der Waals surface area contributed by atoms with Gasteiger partial charge in [0.05, 0.1) is 44.8 Å². The van der Waals surface area contributed by atoms with Crippen molar-refractivity contribution in [1.29, 1.82) is 0 Å². The van der Waals surface area contributed by atoms with Crippen molar-refractivity contribution in [3.8, 4) is 11.5 Å². The molecule has 0 radical (unpaired) electrons. The molecule has 4 amide bonds. The minimum Gasteiger partial charge on any atom is -0.457 e. The molecule has 2 aliphatic rings. The molecule has 4 aromatic carbocycles. The molecule has 49 heavy (non-hydrogen) atoms. The summed E-state index contributed by atoms with van der Waals surface area (Å²) in [5.41, 5.74) is 0.339. The number of fused-ring (bicyclic) bond motifs is 2. The van der Waals surface area contributed by atoms with Gasteiger partial charge < -0.3 is 14.2 Å². The van der Waals surface area contributed by atoms with E-state index in [9.17, 15) is 38.4 Å². The maximum atomic E-state index is 13.1. The zero-order valence-corrected chi connectivity index (χ0v) is 25.0. The van der Waals surface area contributed by atoms with Gasteiger partial charge in [-0.2, -0.15) is 0 Å². The molecule has 6 rings (SSSR count). The Kier molecular flexibility index (Phi) is 8.08. The molecule has 0 atom stereocenters. The van der Waals surface area contributed by atoms with E-state index in [2.05, 4.69) is 22.6 Å². The average Bonchev–Trinajstić information content (AvgIpc) is 3.51. The van der Waals surface area contributed by atoms with Crippen LogP contribution in [0, 0.1) is 0 Å². The molecular weight excluding hydrogens is 636 g/mol. The van der Waals surface area contributed by atoms with Crippen molar-refractivity contribution in [2.75, 3.05) is 9.80 Å². The Morgan fingerprint density at radius 1 is 0.490 bits per heavy atom. The van der Waals surface area contributed by atoms with Crippen molar-refractivity contribution in [3.63, 3.8) is 0 Å². The second-order valence-corrected chi connectivity index (χ2v) is 10.3. The van der Waals surface area contributed by atoms with E-state index in [1.54, 1.807) is 0 Å². The van der Waals surface area contributed by atoms with Crippen LogP contribution in [0.1, 0.15) is 62.1 Å². The summed E-state index contributed by atoms with van der Waals surface area (Å²) in [6, 6.07) is 19.5. The highest BCUT2D eigenvalue weighted by atomic mass is 16.6. The molecule has 13 nitrogen and oxygen atoms in total. The smallest absolute Gasteiger partial charge is 0.346 e. The zero-order chi connectivity index (χ0) is 35.0. The molecule has 0 spiro atoms. The molecule has 0 saturated carbocycles. The van der Waals surface area contributed by atoms with Crippen molar-refractivity contribution < 1.29 is 52.6 Å². The quantitative estimate of drug-likeness (QED) is 0.110. The van der Waals surface area contributed by atoms with Gasteiger partial charge in [-0.05, 0) is 84.9 Å². The van der Waals surface area contributed by atoms with Crippen LogP contribution < -0.4 is 14.5 Å². The zero-order valence-electron chi connectivity index (χ0n) is 25.0. The molecule has 0 aliphatic carbocycles. The van der Waals surface area contributed by atoms with Gasteiger partial charge in [0, 0.05) is 12.2 Å². The third-order valence-corrected chi connectivity index (χ3v) is 7.39. The molecule has 0 saturated heterocycles. The first-order valence-electron chi connectivity index (χ1n) is 14.2. The Hall–Kier alpha value is -7.28. The van der Waals surface area contributed by atoms with E-state index in [4.69, 9.17) is 4.74 Å². The molecule has 240 valence electrons. The van der Waals surface area contributed by atoms with Crippen molar-refractivity contribution in [1.82, 2.24) is 0 Å². The van der Waals surface area contributed by atoms with Crippen LogP contribution in [0.5, 0.6) is 11.5 Å². The van der Waals surface area contributed by atoms with E-state index in [-0.39, 0.29) is 44.8 Å². The number of rotatable bonds is 8. The maximum absolute atomic E-state index is 13.1. The lowest BCUT2D eigenvalue weighted by Crippen LogP contribution is -2.29. The SMILES string of the molecule is C=CC(=O)OC(=O)c1ccc2c(c1)C(=O)N(c1ccc(Oc3ccc(N4C(=O)c5ccc(C(=O)OC(=O)C=C)cc5C4=O)cc3)cc1)C2=O. The van der Waals surface area contributed by atoms with Gasteiger partial charge in [0.15, 0.2) is 0 Å². The largest absolute Gasteiger partial charge is 0.457 e. The minimum absolute atomic E-state index is 0.0352. The van der Waals surface area contributed by atoms with Crippen LogP contribution in [0.15, 0.2) is 110 Å². The minimum atomic E-state index is -0.998. The number of benzene rings is 4. The highest BCUT2D eigenvalue weighted by molar-refractivity contribution is 6.35. The van der Waals surface area contributed by atoms with Crippen LogP contribution in [0.4, 0.5) is 11.4 Å². The van der Waals surface area contributed by atoms with E-state index in [1.807, 2.05) is 0 Å². The van der Waals surface area contributed by atoms with Gasteiger partial charge >= 0.3 is 23.9 Å². The Balaban J connectivity index is 1.13. The summed E-state index contributed by atoms with van der Waals surface area (Å²) < 4.78 is 15.0. The van der Waals surface area contributed by atoms with Gasteiger partial charge in [0.1, 0.15) is 11.5 Å². The van der Waals surface area contributed by atoms with Crippen LogP contribution in [-0.4, -0.2) is 47.5 Å². The Bertz CT molecular complexity index is 2030. The summed E-state index contributed by atoms with van der Waals surface area (Å²) >= 11 is 0. The van der Waals surface area contributed by atoms with Gasteiger partial charge in [-0.25, -0.2) is 29.0 Å². The van der Waals surface area contributed by atoms with E-state index in [0.29, 0.717) is 11.5 Å². The molecule has 0 unspecified atom stereocenters. The fourth-order valence-corrected chi connectivity index (χ4v) is 5.05. The van der Waals surface area contributed by atoms with E-state index in [1.165, 1.54) is 84.9 Å². The van der Waals surface area contributed by atoms with Gasteiger partial charge in [0.2, 0.25) is 0 Å². The third-order valence-electron chi connectivity index (χ3n) is 7.39. The highest BCUT2D eigenvalue weighted by Gasteiger charge is 2.38. The number of nitrogens with zero attached hydrogens (tertiary/aromatic N) is 2. The number of amides is 4. The summed E-state index contributed by atoms with van der Waals surface area (Å²) in [5, 5.41) is 0. The first kappa shape index (κ1) is 31.7. The number of esters is 4. The standard InChI is InChI=1S/C36H20N2O11/c1-3-29(39)48-35(45)19-5-15-25-27(17-19)33(43)37(31(25)41)21-7-11-23(12-8-21)47-24-13-9-22(10-14-24)38-32(42)26-16-6-20(18-28(26)34(38)44)36(46)49-30(40)4-2/h3-18H,1-2H2. The number of carbonyl (C=O) groups excluding carboxylic acids is 8. The van der Waals surface area contributed by atoms with Crippen LogP contribution in [-0.2, 0) is 19.1 Å². The second-order valence-electron chi connectivity index (χ2n) is 10.3. The van der Waals surface area contributed by atoms with Crippen molar-refractivity contribution in [2.24, 2.45) is 0 Å². The predicted octanol–water partition coefficient (Wildman–Crippen LogP) is 4.82. The fraction of sp³-hybridized carbons (Fsp3) is 0. The van der Waals surface area contributed by atoms with Crippen molar-refractivity contribution in [3.05, 3.63) is 144 Å². The second kappa shape index (κ2) is 12.5. The molecule has 0 bridgehead atoms. The molecule has 13 heteroatoms. The van der Waals surface area contributed by atoms with Gasteiger partial charge in [-0.1, -0.05) is 13.2 Å². The first-order chi connectivity index (χ1) is 23.5. The van der Waals surface area contributed by atoms with Crippen molar-refractivity contribution >= 4 is 58.9 Å². The van der Waals surface area contributed by atoms with Gasteiger partial charge in [-0.15, -0.1) is 0 Å². The normalized spacial score (nSPS) is 13.1. The van der Waals surface area contributed by atoms with Gasteiger partial charge in [-0.3, -0.25) is 19.2 Å². The van der Waals surface area contributed by atoms with Crippen LogP contribution in [0.2, 0.25) is 0 Å². The molecule has 2 aliphatic heterocycles. The topological polar surface area (TPSA) is 171 Å². The van der Waals surface area contributed by atoms with Crippen molar-refractivity contribution in [2.45, 2.75) is 0 Å². The molecule has 0 aromatic heterocycles. The van der Waals surface area contributed by atoms with E-state index in [0.717, 1.165) is 22.0 Å². The van der Waals surface area contributed by atoms with Crippen LogP contribution in [0.3, 0.4) is 0 Å². The Morgan fingerprint density at radius 3 is 1.18 bits per heavy atom. The van der Waals surface area contributed by atoms with E-state index < -0.39 is 47.5 Å². The summed E-state index contributed by atoms with van der Waals surface area (Å²) in [7, 11) is 0. The van der Waals surface area contributed by atoms with Gasteiger partial charge in [0.25, 0.3) is 23.6 Å². The lowest BCUT2D eigenvalue weighted by Gasteiger charge is -2.16. The van der Waals surface area contributed by atoms with Crippen LogP contribution >= 0.6 is 0 Å². The molecule has 0 N–H and O–H groups in total. The number of hydrogen-bond donors (Lipinski definition) is 0. The molecule has 0 fully saturated rings. The first-order valence-corrected chi connectivity index (χ1v) is 14.2. The number of imide groups is 2.